The average molecular weight is 250 g/mol. The number of ketones is 1. The topological polar surface area (TPSA) is 26.3 Å². The third-order valence-electron chi connectivity index (χ3n) is 2.21. The van der Waals surface area contributed by atoms with Crippen LogP contribution in [0, 0.1) is 12.7 Å². The number of Topliss-reactive ketones (excluding diaryl/α,β-unsaturated/α-hetero) is 1. The number of carbonyl (C=O) groups is 1. The SMILES string of the molecule is Cc1ccc(C(=O)COc2ccccc2F)s1. The maximum absolute atomic E-state index is 13.2. The van der Waals surface area contributed by atoms with Gasteiger partial charge in [-0.15, -0.1) is 11.3 Å². The molecule has 2 nitrogen and oxygen atoms in total. The predicted octanol–water partition coefficient (Wildman–Crippen LogP) is 3.46. The van der Waals surface area contributed by atoms with Crippen molar-refractivity contribution in [1.29, 1.82) is 0 Å². The summed E-state index contributed by atoms with van der Waals surface area (Å²) in [5, 5.41) is 0. The van der Waals surface area contributed by atoms with Gasteiger partial charge in [-0.05, 0) is 31.2 Å². The molecule has 2 aromatic rings. The van der Waals surface area contributed by atoms with Gasteiger partial charge in [0.1, 0.15) is 0 Å². The maximum atomic E-state index is 13.2. The summed E-state index contributed by atoms with van der Waals surface area (Å²) in [5.41, 5.74) is 0. The van der Waals surface area contributed by atoms with Crippen LogP contribution in [0.5, 0.6) is 5.75 Å². The second-order valence-electron chi connectivity index (χ2n) is 3.55. The Kier molecular flexibility index (Phi) is 3.54. The quantitative estimate of drug-likeness (QED) is 0.777. The van der Waals surface area contributed by atoms with E-state index in [1.807, 2.05) is 13.0 Å². The zero-order valence-electron chi connectivity index (χ0n) is 9.27. The van der Waals surface area contributed by atoms with Crippen molar-refractivity contribution in [3.05, 3.63) is 52.0 Å². The minimum Gasteiger partial charge on any atom is -0.482 e. The van der Waals surface area contributed by atoms with Crippen LogP contribution >= 0.6 is 11.3 Å². The Morgan fingerprint density at radius 3 is 2.71 bits per heavy atom. The molecule has 88 valence electrons. The van der Waals surface area contributed by atoms with Crippen LogP contribution in [0.4, 0.5) is 4.39 Å². The first-order valence-corrected chi connectivity index (χ1v) is 5.95. The van der Waals surface area contributed by atoms with E-state index in [1.54, 1.807) is 18.2 Å². The van der Waals surface area contributed by atoms with E-state index in [4.69, 9.17) is 4.74 Å². The van der Waals surface area contributed by atoms with Crippen LogP contribution < -0.4 is 4.74 Å². The van der Waals surface area contributed by atoms with Crippen molar-refractivity contribution in [2.45, 2.75) is 6.92 Å². The van der Waals surface area contributed by atoms with Gasteiger partial charge >= 0.3 is 0 Å². The van der Waals surface area contributed by atoms with E-state index < -0.39 is 5.82 Å². The Morgan fingerprint density at radius 2 is 2.06 bits per heavy atom. The molecular weight excluding hydrogens is 239 g/mol. The van der Waals surface area contributed by atoms with Gasteiger partial charge in [0.2, 0.25) is 5.78 Å². The minimum atomic E-state index is -0.456. The summed E-state index contributed by atoms with van der Waals surface area (Å²) in [4.78, 5) is 13.4. The number of rotatable bonds is 4. The molecular formula is C13H11FO2S. The van der Waals surface area contributed by atoms with E-state index in [-0.39, 0.29) is 18.1 Å². The number of thiophene rings is 1. The van der Waals surface area contributed by atoms with Crippen molar-refractivity contribution < 1.29 is 13.9 Å². The van der Waals surface area contributed by atoms with Gasteiger partial charge < -0.3 is 4.74 Å². The summed E-state index contributed by atoms with van der Waals surface area (Å²) in [6, 6.07) is 9.68. The molecule has 0 aliphatic rings. The number of benzene rings is 1. The highest BCUT2D eigenvalue weighted by Crippen LogP contribution is 2.18. The third kappa shape index (κ3) is 2.91. The Balaban J connectivity index is 1.99. The average Bonchev–Trinajstić information content (AvgIpc) is 2.74. The molecule has 0 bridgehead atoms. The number of hydrogen-bond donors (Lipinski definition) is 0. The van der Waals surface area contributed by atoms with Gasteiger partial charge in [0.25, 0.3) is 0 Å². The van der Waals surface area contributed by atoms with Gasteiger partial charge in [-0.1, -0.05) is 12.1 Å². The van der Waals surface area contributed by atoms with Crippen LogP contribution in [-0.4, -0.2) is 12.4 Å². The predicted molar refractivity (Wildman–Crippen MR) is 65.3 cm³/mol. The Hall–Kier alpha value is -1.68. The summed E-state index contributed by atoms with van der Waals surface area (Å²) >= 11 is 1.41. The molecule has 0 unspecified atom stereocenters. The molecule has 4 heteroatoms. The molecule has 1 heterocycles. The molecule has 1 aromatic heterocycles. The fourth-order valence-electron chi connectivity index (χ4n) is 1.36. The molecule has 0 radical (unpaired) electrons. The molecule has 0 saturated carbocycles. The second-order valence-corrected chi connectivity index (χ2v) is 4.84. The van der Waals surface area contributed by atoms with Gasteiger partial charge in [0, 0.05) is 4.88 Å². The lowest BCUT2D eigenvalue weighted by Crippen LogP contribution is -2.10. The highest BCUT2D eigenvalue weighted by atomic mass is 32.1. The van der Waals surface area contributed by atoms with Crippen LogP contribution in [0.1, 0.15) is 14.5 Å². The first-order chi connectivity index (χ1) is 8.16. The fourth-order valence-corrected chi connectivity index (χ4v) is 2.15. The van der Waals surface area contributed by atoms with E-state index in [2.05, 4.69) is 0 Å². The lowest BCUT2D eigenvalue weighted by Gasteiger charge is -2.04. The van der Waals surface area contributed by atoms with Crippen molar-refractivity contribution in [2.75, 3.05) is 6.61 Å². The van der Waals surface area contributed by atoms with Gasteiger partial charge in [0.05, 0.1) is 4.88 Å². The fraction of sp³-hybridized carbons (Fsp3) is 0.154. The summed E-state index contributed by atoms with van der Waals surface area (Å²) in [6.07, 6.45) is 0. The Morgan fingerprint density at radius 1 is 1.29 bits per heavy atom. The summed E-state index contributed by atoms with van der Waals surface area (Å²) in [5.74, 6) is -0.483. The molecule has 0 aliphatic carbocycles. The van der Waals surface area contributed by atoms with E-state index in [9.17, 15) is 9.18 Å². The van der Waals surface area contributed by atoms with Crippen LogP contribution in [0.15, 0.2) is 36.4 Å². The zero-order valence-corrected chi connectivity index (χ0v) is 10.1. The van der Waals surface area contributed by atoms with Crippen molar-refractivity contribution in [1.82, 2.24) is 0 Å². The highest BCUT2D eigenvalue weighted by Gasteiger charge is 2.10. The van der Waals surface area contributed by atoms with Crippen molar-refractivity contribution in [3.8, 4) is 5.75 Å². The van der Waals surface area contributed by atoms with E-state index in [1.165, 1.54) is 23.5 Å². The van der Waals surface area contributed by atoms with Crippen LogP contribution in [0.3, 0.4) is 0 Å². The van der Waals surface area contributed by atoms with Gasteiger partial charge in [-0.25, -0.2) is 4.39 Å². The van der Waals surface area contributed by atoms with E-state index in [0.717, 1.165) is 4.88 Å². The molecule has 1 aromatic carbocycles. The minimum absolute atomic E-state index is 0.106. The Labute approximate surface area is 103 Å². The van der Waals surface area contributed by atoms with Gasteiger partial charge in [-0.3, -0.25) is 4.79 Å². The molecule has 2 rings (SSSR count). The first kappa shape index (κ1) is 11.8. The van der Waals surface area contributed by atoms with E-state index in [0.29, 0.717) is 4.88 Å². The molecule has 17 heavy (non-hydrogen) atoms. The van der Waals surface area contributed by atoms with Crippen LogP contribution in [0.2, 0.25) is 0 Å². The molecule has 0 spiro atoms. The molecule has 0 fully saturated rings. The summed E-state index contributed by atoms with van der Waals surface area (Å²) in [6.45, 7) is 1.79. The lowest BCUT2D eigenvalue weighted by atomic mass is 10.3. The van der Waals surface area contributed by atoms with Crippen LogP contribution in [0.25, 0.3) is 0 Å². The number of aryl methyl sites for hydroxylation is 1. The molecule has 0 aliphatic heterocycles. The second kappa shape index (κ2) is 5.10. The standard InChI is InChI=1S/C13H11FO2S/c1-9-6-7-13(17-9)11(15)8-16-12-5-3-2-4-10(12)14/h2-7H,8H2,1H3. The van der Waals surface area contributed by atoms with Crippen molar-refractivity contribution in [3.63, 3.8) is 0 Å². The third-order valence-corrected chi connectivity index (χ3v) is 3.25. The lowest BCUT2D eigenvalue weighted by molar-refractivity contribution is 0.0923. The number of ether oxygens (including phenoxy) is 1. The number of carbonyl (C=O) groups excluding carboxylic acids is 1. The maximum Gasteiger partial charge on any atom is 0.210 e. The number of hydrogen-bond acceptors (Lipinski definition) is 3. The normalized spacial score (nSPS) is 10.2. The largest absolute Gasteiger partial charge is 0.482 e. The molecule has 0 amide bonds. The van der Waals surface area contributed by atoms with E-state index >= 15 is 0 Å². The van der Waals surface area contributed by atoms with Gasteiger partial charge in [-0.2, -0.15) is 0 Å². The monoisotopic (exact) mass is 250 g/mol. The Bertz CT molecular complexity index is 534. The molecule has 0 N–H and O–H groups in total. The van der Waals surface area contributed by atoms with Gasteiger partial charge in [0.15, 0.2) is 18.2 Å². The summed E-state index contributed by atoms with van der Waals surface area (Å²) < 4.78 is 18.4. The van der Waals surface area contributed by atoms with Crippen molar-refractivity contribution >= 4 is 17.1 Å². The molecule has 0 saturated heterocycles. The first-order valence-electron chi connectivity index (χ1n) is 5.14. The smallest absolute Gasteiger partial charge is 0.210 e. The van der Waals surface area contributed by atoms with Crippen LogP contribution in [-0.2, 0) is 0 Å². The molecule has 0 atom stereocenters. The zero-order chi connectivity index (χ0) is 12.3. The number of para-hydroxylation sites is 1. The highest BCUT2D eigenvalue weighted by molar-refractivity contribution is 7.14. The summed E-state index contributed by atoms with van der Waals surface area (Å²) in [7, 11) is 0. The number of halogens is 1. The van der Waals surface area contributed by atoms with Crippen molar-refractivity contribution in [2.24, 2.45) is 0 Å².